The maximum atomic E-state index is 5.32. The highest BCUT2D eigenvalue weighted by atomic mass is 16.5. The average Bonchev–Trinajstić information content (AvgIpc) is 3.11. The predicted octanol–water partition coefficient (Wildman–Crippen LogP) is 1.92. The van der Waals surface area contributed by atoms with E-state index in [4.69, 9.17) is 4.52 Å². The SMILES string of the molecule is CN(Cc1noc(-c2ccccc2)n1)CC1CCCN1. The largest absolute Gasteiger partial charge is 0.334 e. The monoisotopic (exact) mass is 272 g/mol. The lowest BCUT2D eigenvalue weighted by Gasteiger charge is -2.19. The van der Waals surface area contributed by atoms with E-state index in [9.17, 15) is 0 Å². The third kappa shape index (κ3) is 3.23. The van der Waals surface area contributed by atoms with E-state index in [1.54, 1.807) is 0 Å². The second-order valence-electron chi connectivity index (χ2n) is 5.37. The van der Waals surface area contributed by atoms with E-state index in [0.29, 0.717) is 18.5 Å². The summed E-state index contributed by atoms with van der Waals surface area (Å²) in [6.07, 6.45) is 2.53. The molecule has 1 unspecified atom stereocenters. The number of rotatable bonds is 5. The van der Waals surface area contributed by atoms with Crippen molar-refractivity contribution in [1.82, 2.24) is 20.4 Å². The lowest BCUT2D eigenvalue weighted by molar-refractivity contribution is 0.281. The predicted molar refractivity (Wildman–Crippen MR) is 77.1 cm³/mol. The first-order chi connectivity index (χ1) is 9.81. The van der Waals surface area contributed by atoms with Gasteiger partial charge in [0.15, 0.2) is 5.82 Å². The quantitative estimate of drug-likeness (QED) is 0.901. The number of nitrogens with one attached hydrogen (secondary N) is 1. The van der Waals surface area contributed by atoms with Crippen molar-refractivity contribution in [1.29, 1.82) is 0 Å². The van der Waals surface area contributed by atoms with Crippen LogP contribution < -0.4 is 5.32 Å². The topological polar surface area (TPSA) is 54.2 Å². The van der Waals surface area contributed by atoms with E-state index in [-0.39, 0.29) is 0 Å². The molecule has 1 fully saturated rings. The van der Waals surface area contributed by atoms with E-state index in [1.165, 1.54) is 12.8 Å². The summed E-state index contributed by atoms with van der Waals surface area (Å²) in [5.74, 6) is 1.33. The summed E-state index contributed by atoms with van der Waals surface area (Å²) in [5, 5.41) is 7.56. The Kier molecular flexibility index (Phi) is 4.08. The van der Waals surface area contributed by atoms with Gasteiger partial charge < -0.3 is 9.84 Å². The van der Waals surface area contributed by atoms with Gasteiger partial charge >= 0.3 is 0 Å². The number of likely N-dealkylation sites (N-methyl/N-ethyl adjacent to an activating group) is 1. The van der Waals surface area contributed by atoms with Crippen LogP contribution in [0.4, 0.5) is 0 Å². The van der Waals surface area contributed by atoms with Crippen LogP contribution in [-0.2, 0) is 6.54 Å². The fraction of sp³-hybridized carbons (Fsp3) is 0.467. The van der Waals surface area contributed by atoms with E-state index in [2.05, 4.69) is 27.4 Å². The van der Waals surface area contributed by atoms with Crippen molar-refractivity contribution in [3.05, 3.63) is 36.2 Å². The van der Waals surface area contributed by atoms with Gasteiger partial charge in [0.2, 0.25) is 0 Å². The van der Waals surface area contributed by atoms with Crippen LogP contribution in [-0.4, -0.2) is 41.2 Å². The zero-order chi connectivity index (χ0) is 13.8. The first-order valence-electron chi connectivity index (χ1n) is 7.11. The molecule has 5 heteroatoms. The maximum Gasteiger partial charge on any atom is 0.257 e. The Bertz CT molecular complexity index is 534. The maximum absolute atomic E-state index is 5.32. The Labute approximate surface area is 119 Å². The molecule has 1 N–H and O–H groups in total. The standard InChI is InChI=1S/C15H20N4O/c1-19(10-13-8-5-9-16-13)11-14-17-15(20-18-14)12-6-3-2-4-7-12/h2-4,6-7,13,16H,5,8-11H2,1H3. The summed E-state index contributed by atoms with van der Waals surface area (Å²) in [4.78, 5) is 6.69. The Hall–Kier alpha value is -1.72. The van der Waals surface area contributed by atoms with Gasteiger partial charge in [-0.05, 0) is 38.6 Å². The second-order valence-corrected chi connectivity index (χ2v) is 5.37. The van der Waals surface area contributed by atoms with Gasteiger partial charge in [-0.1, -0.05) is 23.4 Å². The first kappa shape index (κ1) is 13.3. The van der Waals surface area contributed by atoms with Gasteiger partial charge in [-0.2, -0.15) is 4.98 Å². The van der Waals surface area contributed by atoms with Crippen LogP contribution in [0.15, 0.2) is 34.9 Å². The second kappa shape index (κ2) is 6.15. The van der Waals surface area contributed by atoms with Crippen molar-refractivity contribution in [2.75, 3.05) is 20.1 Å². The van der Waals surface area contributed by atoms with Crippen molar-refractivity contribution in [2.45, 2.75) is 25.4 Å². The number of aromatic nitrogens is 2. The summed E-state index contributed by atoms with van der Waals surface area (Å²) in [6.45, 7) is 2.88. The Morgan fingerprint density at radius 2 is 2.20 bits per heavy atom. The summed E-state index contributed by atoms with van der Waals surface area (Å²) in [6, 6.07) is 10.5. The van der Waals surface area contributed by atoms with E-state index in [1.807, 2.05) is 30.3 Å². The van der Waals surface area contributed by atoms with Crippen LogP contribution in [0.5, 0.6) is 0 Å². The number of benzene rings is 1. The minimum atomic E-state index is 0.591. The van der Waals surface area contributed by atoms with Gasteiger partial charge in [0, 0.05) is 18.2 Å². The minimum absolute atomic E-state index is 0.591. The summed E-state index contributed by atoms with van der Waals surface area (Å²) >= 11 is 0. The molecule has 3 rings (SSSR count). The molecule has 0 amide bonds. The lowest BCUT2D eigenvalue weighted by atomic mass is 10.2. The molecule has 1 atom stereocenters. The lowest BCUT2D eigenvalue weighted by Crippen LogP contribution is -2.35. The third-order valence-electron chi connectivity index (χ3n) is 3.59. The van der Waals surface area contributed by atoms with Crippen LogP contribution in [0, 0.1) is 0 Å². The van der Waals surface area contributed by atoms with E-state index < -0.39 is 0 Å². The molecule has 1 aromatic carbocycles. The molecule has 1 aromatic heterocycles. The fourth-order valence-electron chi connectivity index (χ4n) is 2.61. The first-order valence-corrected chi connectivity index (χ1v) is 7.11. The molecule has 0 radical (unpaired) electrons. The molecule has 1 aliphatic rings. The van der Waals surface area contributed by atoms with Gasteiger partial charge in [-0.15, -0.1) is 0 Å². The molecule has 1 saturated heterocycles. The molecule has 1 aliphatic heterocycles. The molecule has 0 aliphatic carbocycles. The van der Waals surface area contributed by atoms with Crippen LogP contribution in [0.25, 0.3) is 11.5 Å². The summed E-state index contributed by atoms with van der Waals surface area (Å²) in [5.41, 5.74) is 0.964. The summed E-state index contributed by atoms with van der Waals surface area (Å²) < 4.78 is 5.32. The average molecular weight is 272 g/mol. The molecular weight excluding hydrogens is 252 g/mol. The zero-order valence-corrected chi connectivity index (χ0v) is 11.7. The van der Waals surface area contributed by atoms with Crippen molar-refractivity contribution in [3.63, 3.8) is 0 Å². The van der Waals surface area contributed by atoms with Crippen molar-refractivity contribution in [2.24, 2.45) is 0 Å². The third-order valence-corrected chi connectivity index (χ3v) is 3.59. The molecule has 5 nitrogen and oxygen atoms in total. The molecule has 2 aromatic rings. The zero-order valence-electron chi connectivity index (χ0n) is 11.7. The van der Waals surface area contributed by atoms with Crippen molar-refractivity contribution >= 4 is 0 Å². The molecule has 0 saturated carbocycles. The number of hydrogen-bond acceptors (Lipinski definition) is 5. The van der Waals surface area contributed by atoms with Gasteiger partial charge in [0.05, 0.1) is 6.54 Å². The van der Waals surface area contributed by atoms with Crippen LogP contribution in [0.2, 0.25) is 0 Å². The molecule has 106 valence electrons. The minimum Gasteiger partial charge on any atom is -0.334 e. The molecular formula is C15H20N4O. The van der Waals surface area contributed by atoms with Crippen LogP contribution >= 0.6 is 0 Å². The number of nitrogens with zero attached hydrogens (tertiary/aromatic N) is 3. The van der Waals surface area contributed by atoms with Gasteiger partial charge in [-0.3, -0.25) is 4.90 Å². The Balaban J connectivity index is 1.59. The van der Waals surface area contributed by atoms with Crippen molar-refractivity contribution in [3.8, 4) is 11.5 Å². The Morgan fingerprint density at radius 1 is 1.35 bits per heavy atom. The van der Waals surface area contributed by atoms with Gasteiger partial charge in [-0.25, -0.2) is 0 Å². The van der Waals surface area contributed by atoms with Gasteiger partial charge in [0.1, 0.15) is 0 Å². The van der Waals surface area contributed by atoms with Crippen molar-refractivity contribution < 1.29 is 4.52 Å². The van der Waals surface area contributed by atoms with E-state index in [0.717, 1.165) is 24.5 Å². The van der Waals surface area contributed by atoms with Crippen LogP contribution in [0.1, 0.15) is 18.7 Å². The highest BCUT2D eigenvalue weighted by Gasteiger charge is 2.17. The highest BCUT2D eigenvalue weighted by Crippen LogP contribution is 2.16. The fourth-order valence-corrected chi connectivity index (χ4v) is 2.61. The van der Waals surface area contributed by atoms with Crippen LogP contribution in [0.3, 0.4) is 0 Å². The molecule has 0 spiro atoms. The molecule has 20 heavy (non-hydrogen) atoms. The number of hydrogen-bond donors (Lipinski definition) is 1. The summed E-state index contributed by atoms with van der Waals surface area (Å²) in [7, 11) is 2.10. The Morgan fingerprint density at radius 3 is 2.95 bits per heavy atom. The highest BCUT2D eigenvalue weighted by molar-refractivity contribution is 5.51. The molecule has 0 bridgehead atoms. The van der Waals surface area contributed by atoms with E-state index >= 15 is 0 Å². The van der Waals surface area contributed by atoms with Gasteiger partial charge in [0.25, 0.3) is 5.89 Å². The normalized spacial score (nSPS) is 18.8. The smallest absolute Gasteiger partial charge is 0.257 e. The molecule has 2 heterocycles.